The highest BCUT2D eigenvalue weighted by molar-refractivity contribution is 5.91. The van der Waals surface area contributed by atoms with Crippen LogP contribution in [0.25, 0.3) is 23.3 Å². The predicted octanol–water partition coefficient (Wildman–Crippen LogP) is 4.92. The molecule has 2 aliphatic carbocycles. The number of nitrogens with one attached hydrogen (secondary N) is 1. The van der Waals surface area contributed by atoms with Crippen molar-refractivity contribution in [3.8, 4) is 11.1 Å². The van der Waals surface area contributed by atoms with Gasteiger partial charge in [-0.2, -0.15) is 0 Å². The summed E-state index contributed by atoms with van der Waals surface area (Å²) >= 11 is 0. The Kier molecular flexibility index (Phi) is 4.01. The summed E-state index contributed by atoms with van der Waals surface area (Å²) in [6, 6.07) is 22.5. The quantitative estimate of drug-likeness (QED) is 0.727. The maximum atomic E-state index is 11.1. The zero-order valence-electron chi connectivity index (χ0n) is 12.4. The summed E-state index contributed by atoms with van der Waals surface area (Å²) in [5.41, 5.74) is 5.39. The molecule has 1 aromatic carbocycles. The third-order valence-corrected chi connectivity index (χ3v) is 3.45. The lowest BCUT2D eigenvalue weighted by Gasteiger charge is -1.94. The van der Waals surface area contributed by atoms with E-state index in [1.807, 2.05) is 30.3 Å². The van der Waals surface area contributed by atoms with E-state index in [0.29, 0.717) is 0 Å². The highest BCUT2D eigenvalue weighted by Gasteiger charge is 2.05. The van der Waals surface area contributed by atoms with Crippen LogP contribution in [-0.4, -0.2) is 5.91 Å². The van der Waals surface area contributed by atoms with Crippen LogP contribution in [0.3, 0.4) is 0 Å². The predicted molar refractivity (Wildman–Crippen MR) is 92.7 cm³/mol. The minimum absolute atomic E-state index is 0.0498. The summed E-state index contributed by atoms with van der Waals surface area (Å²) in [7, 11) is 0. The Hall–Kier alpha value is -2.87. The molecule has 0 saturated heterocycles. The number of carbonyl (C=O) groups excluding carboxylic acids is 1. The lowest BCUT2D eigenvalue weighted by Crippen LogP contribution is -2.03. The average Bonchev–Trinajstić information content (AvgIpc) is 2.78. The fourth-order valence-corrected chi connectivity index (χ4v) is 2.40. The number of anilines is 1. The lowest BCUT2D eigenvalue weighted by atomic mass is 10.2. The smallest absolute Gasteiger partial charge is 0.221 e. The van der Waals surface area contributed by atoms with E-state index in [1.165, 1.54) is 12.5 Å². The Balaban J connectivity index is 1.86. The summed E-state index contributed by atoms with van der Waals surface area (Å²) in [6.45, 7) is 1.52. The van der Waals surface area contributed by atoms with Gasteiger partial charge in [-0.15, -0.1) is 0 Å². The van der Waals surface area contributed by atoms with Gasteiger partial charge in [0.15, 0.2) is 0 Å². The van der Waals surface area contributed by atoms with E-state index in [9.17, 15) is 4.79 Å². The first kappa shape index (κ1) is 14.1. The van der Waals surface area contributed by atoms with Crippen molar-refractivity contribution < 1.29 is 4.79 Å². The molecular weight excluding hydrogens is 270 g/mol. The molecule has 0 fully saturated rings. The topological polar surface area (TPSA) is 29.1 Å². The fourth-order valence-electron chi connectivity index (χ4n) is 2.40. The van der Waals surface area contributed by atoms with Crippen LogP contribution in [0.1, 0.15) is 18.1 Å². The van der Waals surface area contributed by atoms with Crippen LogP contribution in [0.15, 0.2) is 66.7 Å². The van der Waals surface area contributed by atoms with E-state index >= 15 is 0 Å². The normalized spacial score (nSPS) is 11.0. The lowest BCUT2D eigenvalue weighted by molar-refractivity contribution is -0.114. The molecule has 0 unspecified atom stereocenters. The molecule has 0 aliphatic heterocycles. The molecule has 1 amide bonds. The van der Waals surface area contributed by atoms with Crippen molar-refractivity contribution in [2.75, 3.05) is 5.32 Å². The zero-order chi connectivity index (χ0) is 15.4. The molecule has 1 N–H and O–H groups in total. The van der Waals surface area contributed by atoms with E-state index in [1.54, 1.807) is 0 Å². The Morgan fingerprint density at radius 2 is 1.36 bits per heavy atom. The van der Waals surface area contributed by atoms with Crippen LogP contribution >= 0.6 is 0 Å². The molecule has 3 rings (SSSR count). The van der Waals surface area contributed by atoms with E-state index in [0.717, 1.165) is 22.4 Å². The monoisotopic (exact) mass is 287 g/mol. The zero-order valence-corrected chi connectivity index (χ0v) is 12.4. The van der Waals surface area contributed by atoms with Crippen molar-refractivity contribution in [2.24, 2.45) is 0 Å². The van der Waals surface area contributed by atoms with Gasteiger partial charge < -0.3 is 5.32 Å². The molecule has 0 spiro atoms. The van der Waals surface area contributed by atoms with Gasteiger partial charge in [-0.25, -0.2) is 0 Å². The molecule has 0 aromatic heterocycles. The van der Waals surface area contributed by atoms with E-state index in [2.05, 4.69) is 53.9 Å². The van der Waals surface area contributed by atoms with E-state index in [-0.39, 0.29) is 5.91 Å². The Bertz CT molecular complexity index is 756. The molecule has 0 bridgehead atoms. The van der Waals surface area contributed by atoms with Crippen molar-refractivity contribution >= 4 is 23.7 Å². The van der Waals surface area contributed by atoms with Gasteiger partial charge in [0.05, 0.1) is 0 Å². The van der Waals surface area contributed by atoms with Gasteiger partial charge in [-0.05, 0) is 34.4 Å². The van der Waals surface area contributed by atoms with Crippen molar-refractivity contribution in [3.63, 3.8) is 0 Å². The summed E-state index contributed by atoms with van der Waals surface area (Å²) in [6.07, 6.45) is 4.20. The van der Waals surface area contributed by atoms with Gasteiger partial charge in [0.25, 0.3) is 0 Å². The minimum Gasteiger partial charge on any atom is -0.326 e. The number of amides is 1. The summed E-state index contributed by atoms with van der Waals surface area (Å²) in [4.78, 5) is 11.1. The molecule has 2 aliphatic rings. The van der Waals surface area contributed by atoms with Crippen molar-refractivity contribution in [3.05, 3.63) is 77.9 Å². The molecular formula is C20H17NO. The first-order chi connectivity index (χ1) is 10.7. The second-order valence-electron chi connectivity index (χ2n) is 5.25. The van der Waals surface area contributed by atoms with E-state index in [4.69, 9.17) is 0 Å². The molecule has 22 heavy (non-hydrogen) atoms. The largest absolute Gasteiger partial charge is 0.326 e. The molecule has 2 heteroatoms. The van der Waals surface area contributed by atoms with Gasteiger partial charge >= 0.3 is 0 Å². The summed E-state index contributed by atoms with van der Waals surface area (Å²) in [5.74, 6) is -0.0498. The highest BCUT2D eigenvalue weighted by atomic mass is 16.1. The van der Waals surface area contributed by atoms with Gasteiger partial charge in [0, 0.05) is 12.6 Å². The van der Waals surface area contributed by atoms with Crippen LogP contribution < -0.4 is 5.32 Å². The van der Waals surface area contributed by atoms with Crippen LogP contribution in [0.4, 0.5) is 5.69 Å². The Morgan fingerprint density at radius 3 is 1.91 bits per heavy atom. The molecule has 0 heterocycles. The van der Waals surface area contributed by atoms with Crippen LogP contribution in [0.2, 0.25) is 0 Å². The molecule has 1 aromatic rings. The summed E-state index contributed by atoms with van der Waals surface area (Å²) in [5, 5.41) is 2.81. The van der Waals surface area contributed by atoms with Gasteiger partial charge in [0.2, 0.25) is 5.91 Å². The van der Waals surface area contributed by atoms with Crippen molar-refractivity contribution in [1.82, 2.24) is 0 Å². The van der Waals surface area contributed by atoms with Gasteiger partial charge in [-0.1, -0.05) is 66.7 Å². The third kappa shape index (κ3) is 3.41. The van der Waals surface area contributed by atoms with Gasteiger partial charge in [-0.3, -0.25) is 4.79 Å². The second-order valence-corrected chi connectivity index (χ2v) is 5.25. The minimum atomic E-state index is -0.0498. The van der Waals surface area contributed by atoms with Crippen LogP contribution in [-0.2, 0) is 4.79 Å². The van der Waals surface area contributed by atoms with Crippen molar-refractivity contribution in [2.45, 2.75) is 6.92 Å². The molecule has 0 atom stereocenters. The Labute approximate surface area is 130 Å². The second kappa shape index (κ2) is 6.27. The number of benzene rings is 1. The number of rotatable bonds is 3. The first-order valence-corrected chi connectivity index (χ1v) is 7.25. The molecule has 2 nitrogen and oxygen atoms in total. The highest BCUT2D eigenvalue weighted by Crippen LogP contribution is 2.28. The summed E-state index contributed by atoms with van der Waals surface area (Å²) < 4.78 is 0. The first-order valence-electron chi connectivity index (χ1n) is 7.25. The molecule has 108 valence electrons. The Morgan fingerprint density at radius 1 is 0.818 bits per heavy atom. The van der Waals surface area contributed by atoms with E-state index < -0.39 is 0 Å². The SMILES string of the molecule is CC(=O)Nc1cc2ccc(/C=C/c3ccccc3)ccc-2c1. The fraction of sp³-hybridized carbons (Fsp3) is 0.0500. The number of carbonyl (C=O) groups is 1. The van der Waals surface area contributed by atoms with Crippen molar-refractivity contribution in [1.29, 1.82) is 0 Å². The maximum Gasteiger partial charge on any atom is 0.221 e. The maximum absolute atomic E-state index is 11.1. The number of fused-ring (bicyclic) bond motifs is 1. The number of hydrogen-bond acceptors (Lipinski definition) is 1. The number of hydrogen-bond donors (Lipinski definition) is 1. The van der Waals surface area contributed by atoms with Crippen LogP contribution in [0.5, 0.6) is 0 Å². The standard InChI is InChI=1S/C20H17NO/c1-15(22)21-20-13-18-11-9-17(10-12-19(18)14-20)8-7-16-5-3-2-4-6-16/h2-14H,1H3,(H,21,22)/b8-7+. The third-order valence-electron chi connectivity index (χ3n) is 3.45. The van der Waals surface area contributed by atoms with Crippen LogP contribution in [0, 0.1) is 0 Å². The molecule has 0 saturated carbocycles. The van der Waals surface area contributed by atoms with Gasteiger partial charge in [0.1, 0.15) is 0 Å². The molecule has 0 radical (unpaired) electrons. The average molecular weight is 287 g/mol.